The molecule has 0 aromatic rings. The van der Waals surface area contributed by atoms with E-state index in [1.165, 1.54) is 4.90 Å². The molecule has 2 aliphatic heterocycles. The van der Waals surface area contributed by atoms with Gasteiger partial charge in [0.05, 0.1) is 12.0 Å². The van der Waals surface area contributed by atoms with Gasteiger partial charge in [0.1, 0.15) is 6.04 Å². The van der Waals surface area contributed by atoms with Crippen LogP contribution in [-0.4, -0.2) is 48.1 Å². The van der Waals surface area contributed by atoms with Crippen LogP contribution in [0.15, 0.2) is 0 Å². The Morgan fingerprint density at radius 3 is 2.40 bits per heavy atom. The van der Waals surface area contributed by atoms with Gasteiger partial charge in [-0.2, -0.15) is 13.2 Å². The largest absolute Gasteiger partial charge is 0.393 e. The monoisotopic (exact) mass is 293 g/mol. The number of likely N-dealkylation sites (tertiary alicyclic amines) is 1. The lowest BCUT2D eigenvalue weighted by Crippen LogP contribution is -2.55. The first-order valence-corrected chi connectivity index (χ1v) is 6.70. The van der Waals surface area contributed by atoms with Crippen molar-refractivity contribution in [2.24, 2.45) is 11.7 Å². The molecule has 2 aliphatic rings. The molecule has 0 aromatic heterocycles. The van der Waals surface area contributed by atoms with Crippen LogP contribution in [0, 0.1) is 5.92 Å². The van der Waals surface area contributed by atoms with Crippen LogP contribution < -0.4 is 11.1 Å². The Labute approximate surface area is 114 Å². The lowest BCUT2D eigenvalue weighted by Gasteiger charge is -2.33. The number of hydrogen-bond acceptors (Lipinski definition) is 3. The average molecular weight is 293 g/mol. The maximum Gasteiger partial charge on any atom is 0.393 e. The van der Waals surface area contributed by atoms with Gasteiger partial charge in [0.15, 0.2) is 0 Å². The molecule has 2 amide bonds. The zero-order valence-corrected chi connectivity index (χ0v) is 10.9. The number of alkyl halides is 3. The molecule has 20 heavy (non-hydrogen) atoms. The predicted octanol–water partition coefficient (Wildman–Crippen LogP) is 0.393. The average Bonchev–Trinajstić information content (AvgIpc) is 2.86. The first-order valence-electron chi connectivity index (χ1n) is 6.70. The number of nitrogens with zero attached hydrogens (tertiary/aromatic N) is 1. The van der Waals surface area contributed by atoms with E-state index in [9.17, 15) is 22.8 Å². The van der Waals surface area contributed by atoms with E-state index in [1.807, 2.05) is 0 Å². The minimum atomic E-state index is -4.23. The summed E-state index contributed by atoms with van der Waals surface area (Å²) in [6.07, 6.45) is -2.95. The smallest absolute Gasteiger partial charge is 0.368 e. The molecule has 0 aromatic carbocycles. The summed E-state index contributed by atoms with van der Waals surface area (Å²) < 4.78 is 37.6. The molecule has 0 bridgehead atoms. The number of carbonyl (C=O) groups is 2. The Morgan fingerprint density at radius 2 is 1.90 bits per heavy atom. The summed E-state index contributed by atoms with van der Waals surface area (Å²) in [5.74, 6) is -2.27. The molecule has 2 rings (SSSR count). The van der Waals surface area contributed by atoms with Crippen molar-refractivity contribution >= 4 is 11.8 Å². The highest BCUT2D eigenvalue weighted by Gasteiger charge is 2.44. The second-order valence-corrected chi connectivity index (χ2v) is 5.37. The van der Waals surface area contributed by atoms with Crippen LogP contribution in [0.1, 0.15) is 25.7 Å². The molecule has 2 saturated heterocycles. The van der Waals surface area contributed by atoms with Crippen molar-refractivity contribution in [1.82, 2.24) is 10.2 Å². The van der Waals surface area contributed by atoms with Gasteiger partial charge in [0.2, 0.25) is 11.8 Å². The fourth-order valence-electron chi connectivity index (χ4n) is 2.87. The molecular formula is C12H18F3N3O2. The molecule has 8 heteroatoms. The van der Waals surface area contributed by atoms with Crippen molar-refractivity contribution < 1.29 is 22.8 Å². The number of hydrogen-bond donors (Lipinski definition) is 2. The Hall–Kier alpha value is -1.31. The van der Waals surface area contributed by atoms with Crippen LogP contribution in [0.3, 0.4) is 0 Å². The van der Waals surface area contributed by atoms with E-state index in [-0.39, 0.29) is 25.3 Å². The highest BCUT2D eigenvalue weighted by atomic mass is 19.4. The van der Waals surface area contributed by atoms with E-state index in [1.54, 1.807) is 0 Å². The van der Waals surface area contributed by atoms with E-state index in [0.717, 1.165) is 0 Å². The summed E-state index contributed by atoms with van der Waals surface area (Å²) in [4.78, 5) is 24.9. The third kappa shape index (κ3) is 3.05. The third-order valence-corrected chi connectivity index (χ3v) is 4.04. The van der Waals surface area contributed by atoms with Crippen LogP contribution in [0.2, 0.25) is 0 Å². The lowest BCUT2D eigenvalue weighted by atomic mass is 9.93. The van der Waals surface area contributed by atoms with Gasteiger partial charge in [-0.15, -0.1) is 0 Å². The van der Waals surface area contributed by atoms with Gasteiger partial charge in [-0.1, -0.05) is 0 Å². The molecule has 0 aliphatic carbocycles. The quantitative estimate of drug-likeness (QED) is 0.773. The van der Waals surface area contributed by atoms with Crippen LogP contribution in [0.25, 0.3) is 0 Å². The molecule has 0 radical (unpaired) electrons. The van der Waals surface area contributed by atoms with E-state index in [0.29, 0.717) is 19.4 Å². The second kappa shape index (κ2) is 5.59. The topological polar surface area (TPSA) is 75.4 Å². The molecular weight excluding hydrogens is 275 g/mol. The summed E-state index contributed by atoms with van der Waals surface area (Å²) in [5.41, 5.74) is 5.23. The summed E-state index contributed by atoms with van der Waals surface area (Å²) in [6, 6.07) is -1.27. The van der Waals surface area contributed by atoms with Crippen LogP contribution in [-0.2, 0) is 9.59 Å². The van der Waals surface area contributed by atoms with Gasteiger partial charge >= 0.3 is 6.18 Å². The number of nitrogens with two attached hydrogens (primary N) is 1. The number of nitrogens with one attached hydrogen (secondary N) is 1. The number of halogens is 3. The minimum Gasteiger partial charge on any atom is -0.368 e. The van der Waals surface area contributed by atoms with Crippen molar-refractivity contribution in [3.63, 3.8) is 0 Å². The van der Waals surface area contributed by atoms with Gasteiger partial charge in [-0.25, -0.2) is 0 Å². The predicted molar refractivity (Wildman–Crippen MR) is 64.5 cm³/mol. The maximum atomic E-state index is 12.5. The summed E-state index contributed by atoms with van der Waals surface area (Å²) in [7, 11) is 0. The number of piperidine rings is 1. The van der Waals surface area contributed by atoms with E-state index in [4.69, 9.17) is 5.73 Å². The van der Waals surface area contributed by atoms with Gasteiger partial charge < -0.3 is 16.0 Å². The molecule has 5 nitrogen and oxygen atoms in total. The second-order valence-electron chi connectivity index (χ2n) is 5.37. The SMILES string of the molecule is NC(=O)C1CCCN1C(=O)C1CCC(C(F)(F)F)CN1. The van der Waals surface area contributed by atoms with Crippen LogP contribution >= 0.6 is 0 Å². The van der Waals surface area contributed by atoms with Gasteiger partial charge in [-0.05, 0) is 25.7 Å². The van der Waals surface area contributed by atoms with Crippen LogP contribution in [0.4, 0.5) is 13.2 Å². The minimum absolute atomic E-state index is 0.0675. The highest BCUT2D eigenvalue weighted by molar-refractivity contribution is 5.89. The molecule has 2 heterocycles. The fourth-order valence-corrected chi connectivity index (χ4v) is 2.87. The zero-order chi connectivity index (χ0) is 14.9. The van der Waals surface area contributed by atoms with Crippen LogP contribution in [0.5, 0.6) is 0 Å². The molecule has 0 saturated carbocycles. The zero-order valence-electron chi connectivity index (χ0n) is 10.9. The van der Waals surface area contributed by atoms with Crippen molar-refractivity contribution in [3.05, 3.63) is 0 Å². The van der Waals surface area contributed by atoms with E-state index >= 15 is 0 Å². The Bertz CT molecular complexity index is 392. The number of carbonyl (C=O) groups excluding carboxylic acids is 2. The van der Waals surface area contributed by atoms with Crippen molar-refractivity contribution in [3.8, 4) is 0 Å². The molecule has 0 spiro atoms. The van der Waals surface area contributed by atoms with Crippen molar-refractivity contribution in [2.75, 3.05) is 13.1 Å². The molecule has 3 unspecified atom stereocenters. The Kier molecular flexibility index (Phi) is 4.22. The normalized spacial score (nSPS) is 31.4. The number of amides is 2. The maximum absolute atomic E-state index is 12.5. The van der Waals surface area contributed by atoms with E-state index in [2.05, 4.69) is 5.32 Å². The molecule has 3 atom stereocenters. The number of rotatable bonds is 2. The highest BCUT2D eigenvalue weighted by Crippen LogP contribution is 2.32. The molecule has 114 valence electrons. The first-order chi connectivity index (χ1) is 9.30. The third-order valence-electron chi connectivity index (χ3n) is 4.04. The van der Waals surface area contributed by atoms with Gasteiger partial charge in [-0.3, -0.25) is 9.59 Å². The van der Waals surface area contributed by atoms with Crippen molar-refractivity contribution in [2.45, 2.75) is 43.9 Å². The molecule has 3 N–H and O–H groups in total. The molecule has 2 fully saturated rings. The fraction of sp³-hybridized carbons (Fsp3) is 0.833. The van der Waals surface area contributed by atoms with E-state index < -0.39 is 30.1 Å². The Morgan fingerprint density at radius 1 is 1.20 bits per heavy atom. The first kappa shape index (κ1) is 15.1. The van der Waals surface area contributed by atoms with Gasteiger partial charge in [0, 0.05) is 13.1 Å². The standard InChI is InChI=1S/C12H18F3N3O2/c13-12(14,15)7-3-4-8(17-6-7)11(20)18-5-1-2-9(18)10(16)19/h7-9,17H,1-6H2,(H2,16,19). The van der Waals surface area contributed by atoms with Crippen molar-refractivity contribution in [1.29, 1.82) is 0 Å². The van der Waals surface area contributed by atoms with Gasteiger partial charge in [0.25, 0.3) is 0 Å². The number of primary amides is 1. The summed E-state index contributed by atoms with van der Waals surface area (Å²) in [5, 5.41) is 2.65. The summed E-state index contributed by atoms with van der Waals surface area (Å²) in [6.45, 7) is 0.183. The lowest BCUT2D eigenvalue weighted by molar-refractivity contribution is -0.180. The Balaban J connectivity index is 1.93. The summed E-state index contributed by atoms with van der Waals surface area (Å²) >= 11 is 0.